The van der Waals surface area contributed by atoms with Crippen LogP contribution in [0.2, 0.25) is 0 Å². The van der Waals surface area contributed by atoms with Crippen molar-refractivity contribution in [2.75, 3.05) is 24.2 Å². The number of carbonyl (C=O) groups is 2. The van der Waals surface area contributed by atoms with Gasteiger partial charge in [0.1, 0.15) is 10.7 Å². The van der Waals surface area contributed by atoms with Crippen molar-refractivity contribution in [3.05, 3.63) is 83.6 Å². The summed E-state index contributed by atoms with van der Waals surface area (Å²) in [4.78, 5) is 28.3. The van der Waals surface area contributed by atoms with Crippen LogP contribution in [0.4, 0.5) is 11.5 Å². The number of rotatable bonds is 19. The number of aryl methyl sites for hydroxylation is 1. The van der Waals surface area contributed by atoms with Gasteiger partial charge in [-0.05, 0) is 55.2 Å². The molecule has 2 aromatic carbocycles. The van der Waals surface area contributed by atoms with Crippen molar-refractivity contribution in [1.82, 2.24) is 15.6 Å². The molecular formula is C32H42N6O5S. The second-order valence-corrected chi connectivity index (χ2v) is 11.9. The summed E-state index contributed by atoms with van der Waals surface area (Å²) in [6, 6.07) is 17.1. The number of nitrogens with one attached hydrogen (secondary N) is 3. The molecule has 0 saturated carbocycles. The first-order chi connectivity index (χ1) is 21.2. The lowest BCUT2D eigenvalue weighted by Crippen LogP contribution is -2.34. The van der Waals surface area contributed by atoms with Crippen molar-refractivity contribution in [3.8, 4) is 0 Å². The Balaban J connectivity index is 1.20. The van der Waals surface area contributed by atoms with E-state index in [0.717, 1.165) is 31.4 Å². The number of hydrazone groups is 1. The molecule has 0 radical (unpaired) electrons. The van der Waals surface area contributed by atoms with Crippen LogP contribution < -0.4 is 21.8 Å². The number of carbonyl (C=O) groups excluding carboxylic acids is 2. The maximum Gasteiger partial charge on any atom is 0.295 e. The summed E-state index contributed by atoms with van der Waals surface area (Å²) in [5.74, 6) is -0.00672. The molecule has 0 aliphatic carbocycles. The summed E-state index contributed by atoms with van der Waals surface area (Å²) in [6.07, 6.45) is 13.3. The van der Waals surface area contributed by atoms with Crippen LogP contribution in [-0.2, 0) is 21.3 Å². The molecule has 0 fully saturated rings. The van der Waals surface area contributed by atoms with E-state index in [1.807, 2.05) is 12.1 Å². The Bertz CT molecular complexity index is 1460. The van der Waals surface area contributed by atoms with Gasteiger partial charge in [-0.1, -0.05) is 68.9 Å². The van der Waals surface area contributed by atoms with Gasteiger partial charge in [-0.25, -0.2) is 4.98 Å². The Morgan fingerprint density at radius 3 is 2.18 bits per heavy atom. The molecule has 44 heavy (non-hydrogen) atoms. The van der Waals surface area contributed by atoms with Gasteiger partial charge in [-0.15, -0.1) is 0 Å². The van der Waals surface area contributed by atoms with Crippen LogP contribution in [-0.4, -0.2) is 49.1 Å². The van der Waals surface area contributed by atoms with Gasteiger partial charge >= 0.3 is 0 Å². The molecule has 0 bridgehead atoms. The van der Waals surface area contributed by atoms with Crippen LogP contribution in [0, 0.1) is 0 Å². The molecular weight excluding hydrogens is 580 g/mol. The van der Waals surface area contributed by atoms with Gasteiger partial charge in [0, 0.05) is 37.0 Å². The standard InChI is InChI=1S/C32H42N6O5S/c33-28-18-15-25(16-19-28)11-7-5-3-1-2-4-6-8-14-31(39)34-21-22-35-32(40)27-17-20-30(36-23-27)38-37-24-26-12-9-10-13-29(26)44(41,42)43/h9-10,12-13,15-20,23-24H,1-8,11,14,21-22,33H2,(H,34,39)(H,35,40)(H,36,38)(H,41,42,43)/b37-24+. The third-order valence-corrected chi connectivity index (χ3v) is 7.86. The van der Waals surface area contributed by atoms with E-state index in [1.54, 1.807) is 18.2 Å². The van der Waals surface area contributed by atoms with Gasteiger partial charge in [-0.2, -0.15) is 13.5 Å². The average molecular weight is 623 g/mol. The van der Waals surface area contributed by atoms with E-state index in [1.165, 1.54) is 68.3 Å². The van der Waals surface area contributed by atoms with Crippen molar-refractivity contribution in [3.63, 3.8) is 0 Å². The fourth-order valence-corrected chi connectivity index (χ4v) is 5.18. The van der Waals surface area contributed by atoms with Gasteiger partial charge in [0.2, 0.25) is 5.91 Å². The number of hydrogen-bond acceptors (Lipinski definition) is 8. The van der Waals surface area contributed by atoms with Gasteiger partial charge in [0.15, 0.2) is 0 Å². The maximum atomic E-state index is 12.4. The molecule has 3 aromatic rings. The predicted octanol–water partition coefficient (Wildman–Crippen LogP) is 4.96. The largest absolute Gasteiger partial charge is 0.399 e. The molecule has 0 aliphatic heterocycles. The lowest BCUT2D eigenvalue weighted by molar-refractivity contribution is -0.121. The average Bonchev–Trinajstić information content (AvgIpc) is 3.01. The molecule has 6 N–H and O–H groups in total. The molecule has 11 nitrogen and oxygen atoms in total. The van der Waals surface area contributed by atoms with Crippen molar-refractivity contribution in [2.45, 2.75) is 69.1 Å². The SMILES string of the molecule is Nc1ccc(CCCCCCCCCCC(=O)NCCNC(=O)c2ccc(N/N=C/c3ccccc3S(=O)(=O)O)nc2)cc1. The first-order valence-electron chi connectivity index (χ1n) is 14.9. The van der Waals surface area contributed by atoms with Crippen molar-refractivity contribution in [1.29, 1.82) is 0 Å². The van der Waals surface area contributed by atoms with Crippen molar-refractivity contribution < 1.29 is 22.6 Å². The molecule has 1 heterocycles. The number of hydrogen-bond donors (Lipinski definition) is 5. The Morgan fingerprint density at radius 2 is 1.50 bits per heavy atom. The fourth-order valence-electron chi connectivity index (χ4n) is 4.51. The van der Waals surface area contributed by atoms with E-state index < -0.39 is 10.1 Å². The van der Waals surface area contributed by atoms with E-state index >= 15 is 0 Å². The minimum absolute atomic E-state index is 0.0150. The third-order valence-electron chi connectivity index (χ3n) is 6.94. The van der Waals surface area contributed by atoms with E-state index in [0.29, 0.717) is 30.9 Å². The summed E-state index contributed by atoms with van der Waals surface area (Å²) in [6.45, 7) is 0.633. The zero-order valence-corrected chi connectivity index (χ0v) is 25.7. The molecule has 236 valence electrons. The van der Waals surface area contributed by atoms with E-state index in [9.17, 15) is 22.6 Å². The first-order valence-corrected chi connectivity index (χ1v) is 16.4. The van der Waals surface area contributed by atoms with Crippen LogP contribution >= 0.6 is 0 Å². The van der Waals surface area contributed by atoms with E-state index in [2.05, 4.69) is 38.3 Å². The highest BCUT2D eigenvalue weighted by Crippen LogP contribution is 2.14. The van der Waals surface area contributed by atoms with E-state index in [4.69, 9.17) is 5.73 Å². The number of aromatic nitrogens is 1. The van der Waals surface area contributed by atoms with E-state index in [-0.39, 0.29) is 22.3 Å². The van der Waals surface area contributed by atoms with Crippen molar-refractivity contribution in [2.24, 2.45) is 5.10 Å². The number of anilines is 2. The number of nitrogens with zero attached hydrogens (tertiary/aromatic N) is 2. The molecule has 0 atom stereocenters. The normalized spacial score (nSPS) is 11.4. The molecule has 0 saturated heterocycles. The molecule has 12 heteroatoms. The molecule has 3 rings (SSSR count). The smallest absolute Gasteiger partial charge is 0.295 e. The van der Waals surface area contributed by atoms with Gasteiger partial charge in [0.05, 0.1) is 11.8 Å². The van der Waals surface area contributed by atoms with Gasteiger partial charge in [-0.3, -0.25) is 19.6 Å². The summed E-state index contributed by atoms with van der Waals surface area (Å²) >= 11 is 0. The quantitative estimate of drug-likeness (QED) is 0.0410. The number of pyridine rings is 1. The third kappa shape index (κ3) is 12.9. The highest BCUT2D eigenvalue weighted by molar-refractivity contribution is 7.86. The highest BCUT2D eigenvalue weighted by Gasteiger charge is 2.13. The van der Waals surface area contributed by atoms with Gasteiger partial charge in [0.25, 0.3) is 16.0 Å². The topological polar surface area (TPSA) is 176 Å². The Kier molecular flexibility index (Phi) is 14.3. The Hall–Kier alpha value is -4.29. The zero-order chi connectivity index (χ0) is 31.6. The molecule has 0 spiro atoms. The second kappa shape index (κ2) is 18.4. The molecule has 2 amide bonds. The minimum atomic E-state index is -4.38. The molecule has 0 unspecified atom stereocenters. The maximum absolute atomic E-state index is 12.4. The first kappa shape index (κ1) is 34.2. The summed E-state index contributed by atoms with van der Waals surface area (Å²) in [5, 5.41) is 9.52. The number of benzene rings is 2. The minimum Gasteiger partial charge on any atom is -0.399 e. The zero-order valence-electron chi connectivity index (χ0n) is 24.9. The van der Waals surface area contributed by atoms with Crippen LogP contribution in [0.15, 0.2) is 76.9 Å². The van der Waals surface area contributed by atoms with Gasteiger partial charge < -0.3 is 16.4 Å². The summed E-state index contributed by atoms with van der Waals surface area (Å²) < 4.78 is 32.2. The van der Waals surface area contributed by atoms with Crippen LogP contribution in [0.3, 0.4) is 0 Å². The summed E-state index contributed by atoms with van der Waals surface area (Å²) in [5.41, 5.74) is 11.1. The molecule has 0 aliphatic rings. The number of nitrogens with two attached hydrogens (primary N) is 1. The Morgan fingerprint density at radius 1 is 0.841 bits per heavy atom. The Labute approximate surface area is 259 Å². The lowest BCUT2D eigenvalue weighted by Gasteiger charge is -2.08. The predicted molar refractivity (Wildman–Crippen MR) is 173 cm³/mol. The monoisotopic (exact) mass is 622 g/mol. The summed E-state index contributed by atoms with van der Waals surface area (Å²) in [7, 11) is -4.38. The second-order valence-electron chi connectivity index (χ2n) is 10.5. The van der Waals surface area contributed by atoms with Crippen LogP contribution in [0.1, 0.15) is 79.3 Å². The van der Waals surface area contributed by atoms with Crippen LogP contribution in [0.5, 0.6) is 0 Å². The highest BCUT2D eigenvalue weighted by atomic mass is 32.2. The number of nitrogen functional groups attached to an aromatic ring is 1. The molecule has 1 aromatic heterocycles. The lowest BCUT2D eigenvalue weighted by atomic mass is 10.0. The van der Waals surface area contributed by atoms with Crippen LogP contribution in [0.25, 0.3) is 0 Å². The van der Waals surface area contributed by atoms with Crippen molar-refractivity contribution >= 4 is 39.7 Å². The fraction of sp³-hybridized carbons (Fsp3) is 0.375. The number of amides is 2. The number of unbranched alkanes of at least 4 members (excludes halogenated alkanes) is 7.